The molecule has 0 radical (unpaired) electrons. The fourth-order valence-electron chi connectivity index (χ4n) is 1.68. The first-order chi connectivity index (χ1) is 6.90. The molecule has 0 aromatic heterocycles. The summed E-state index contributed by atoms with van der Waals surface area (Å²) in [5, 5.41) is 3.51. The van der Waals surface area contributed by atoms with Crippen LogP contribution in [-0.4, -0.2) is 36.6 Å². The Hall–Kier alpha value is -0.0800. The minimum Gasteiger partial charge on any atom is -0.314 e. The van der Waals surface area contributed by atoms with Crippen LogP contribution in [0, 0.1) is 5.92 Å². The van der Waals surface area contributed by atoms with Crippen molar-refractivity contribution in [3.63, 3.8) is 0 Å². The van der Waals surface area contributed by atoms with Crippen LogP contribution in [0.1, 0.15) is 48.0 Å². The molecule has 0 aromatic carbocycles. The van der Waals surface area contributed by atoms with E-state index in [0.29, 0.717) is 24.0 Å². The van der Waals surface area contributed by atoms with Crippen molar-refractivity contribution in [1.29, 1.82) is 0 Å². The number of hydrogen-bond acceptors (Lipinski definition) is 2. The molecule has 0 rings (SSSR count). The third-order valence-corrected chi connectivity index (χ3v) is 3.60. The van der Waals surface area contributed by atoms with Crippen LogP contribution in [0.3, 0.4) is 0 Å². The second kappa shape index (κ2) is 7.24. The Morgan fingerprint density at radius 2 is 1.60 bits per heavy atom. The van der Waals surface area contributed by atoms with E-state index in [4.69, 9.17) is 0 Å². The lowest BCUT2D eigenvalue weighted by molar-refractivity contribution is 0.145. The van der Waals surface area contributed by atoms with E-state index < -0.39 is 0 Å². The molecule has 0 spiro atoms. The van der Waals surface area contributed by atoms with Gasteiger partial charge in [-0.2, -0.15) is 0 Å². The van der Waals surface area contributed by atoms with E-state index in [2.05, 4.69) is 58.8 Å². The van der Waals surface area contributed by atoms with Gasteiger partial charge in [0.2, 0.25) is 0 Å². The number of hydrogen-bond donors (Lipinski definition) is 1. The summed E-state index contributed by atoms with van der Waals surface area (Å²) in [5.41, 5.74) is 0. The molecule has 0 heterocycles. The molecule has 1 N–H and O–H groups in total. The zero-order chi connectivity index (χ0) is 12.0. The van der Waals surface area contributed by atoms with Crippen LogP contribution in [-0.2, 0) is 0 Å². The summed E-state index contributed by atoms with van der Waals surface area (Å²) in [6, 6.07) is 1.92. The molecule has 0 fully saturated rings. The summed E-state index contributed by atoms with van der Waals surface area (Å²) in [6.45, 7) is 14.7. The van der Waals surface area contributed by atoms with Gasteiger partial charge in [-0.05, 0) is 39.8 Å². The largest absolute Gasteiger partial charge is 0.314 e. The van der Waals surface area contributed by atoms with Crippen molar-refractivity contribution in [1.82, 2.24) is 10.2 Å². The second-order valence-corrected chi connectivity index (χ2v) is 5.20. The maximum Gasteiger partial charge on any atom is 0.0104 e. The molecule has 0 aromatic rings. The van der Waals surface area contributed by atoms with Crippen LogP contribution >= 0.6 is 0 Å². The molecule has 0 saturated carbocycles. The van der Waals surface area contributed by atoms with Crippen molar-refractivity contribution >= 4 is 0 Å². The predicted octanol–water partition coefficient (Wildman–Crippen LogP) is 2.74. The zero-order valence-electron chi connectivity index (χ0n) is 11.7. The van der Waals surface area contributed by atoms with Crippen molar-refractivity contribution < 1.29 is 0 Å². The summed E-state index contributed by atoms with van der Waals surface area (Å²) in [5.74, 6) is 0.700. The van der Waals surface area contributed by atoms with Crippen LogP contribution < -0.4 is 5.32 Å². The van der Waals surface area contributed by atoms with Crippen LogP contribution in [0.4, 0.5) is 0 Å². The molecule has 0 bridgehead atoms. The summed E-state index contributed by atoms with van der Waals surface area (Å²) in [7, 11) is 2.24. The molecule has 3 atom stereocenters. The lowest BCUT2D eigenvalue weighted by Crippen LogP contribution is -2.44. The topological polar surface area (TPSA) is 15.3 Å². The van der Waals surface area contributed by atoms with Crippen molar-refractivity contribution in [3.8, 4) is 0 Å². The van der Waals surface area contributed by atoms with Crippen LogP contribution in [0.25, 0.3) is 0 Å². The van der Waals surface area contributed by atoms with Gasteiger partial charge in [-0.3, -0.25) is 0 Å². The maximum absolute atomic E-state index is 3.51. The van der Waals surface area contributed by atoms with Crippen molar-refractivity contribution in [2.45, 2.75) is 66.1 Å². The van der Waals surface area contributed by atoms with E-state index in [-0.39, 0.29) is 0 Å². The quantitative estimate of drug-likeness (QED) is 0.701. The number of rotatable bonds is 7. The Morgan fingerprint density at radius 3 is 2.00 bits per heavy atom. The summed E-state index contributed by atoms with van der Waals surface area (Å²) < 4.78 is 0. The highest BCUT2D eigenvalue weighted by molar-refractivity contribution is 4.76. The SMILES string of the molecule is CCC(C)N(C)C(C)C(C)CNC(C)C. The zero-order valence-corrected chi connectivity index (χ0v) is 11.7. The Morgan fingerprint density at radius 1 is 1.07 bits per heavy atom. The molecule has 15 heavy (non-hydrogen) atoms. The Kier molecular flexibility index (Phi) is 7.20. The van der Waals surface area contributed by atoms with E-state index in [0.717, 1.165) is 6.54 Å². The Bertz CT molecular complexity index is 157. The average Bonchev–Trinajstić information content (AvgIpc) is 2.22. The first-order valence-corrected chi connectivity index (χ1v) is 6.35. The minimum atomic E-state index is 0.591. The van der Waals surface area contributed by atoms with Crippen LogP contribution in [0.15, 0.2) is 0 Å². The molecule has 2 heteroatoms. The van der Waals surface area contributed by atoms with Gasteiger partial charge >= 0.3 is 0 Å². The number of nitrogens with zero attached hydrogens (tertiary/aromatic N) is 1. The standard InChI is InChI=1S/C13H30N2/c1-8-12(5)15(7)13(6)11(4)9-14-10(2)3/h10-14H,8-9H2,1-7H3. The molecule has 0 aliphatic carbocycles. The van der Waals surface area contributed by atoms with E-state index in [9.17, 15) is 0 Å². The summed E-state index contributed by atoms with van der Waals surface area (Å²) >= 11 is 0. The highest BCUT2D eigenvalue weighted by Gasteiger charge is 2.19. The molecule has 0 aliphatic rings. The molecule has 0 aliphatic heterocycles. The predicted molar refractivity (Wildman–Crippen MR) is 69.3 cm³/mol. The Balaban J connectivity index is 4.01. The normalized spacial score (nSPS) is 18.2. The van der Waals surface area contributed by atoms with E-state index in [1.807, 2.05) is 0 Å². The third-order valence-electron chi connectivity index (χ3n) is 3.60. The lowest BCUT2D eigenvalue weighted by Gasteiger charge is -2.34. The summed E-state index contributed by atoms with van der Waals surface area (Å²) in [6.07, 6.45) is 1.23. The molecular weight excluding hydrogens is 184 g/mol. The molecular formula is C13H30N2. The Labute approximate surface area is 96.4 Å². The van der Waals surface area contributed by atoms with E-state index >= 15 is 0 Å². The fourth-order valence-corrected chi connectivity index (χ4v) is 1.68. The second-order valence-electron chi connectivity index (χ2n) is 5.20. The van der Waals surface area contributed by atoms with Gasteiger partial charge in [0.1, 0.15) is 0 Å². The number of nitrogens with one attached hydrogen (secondary N) is 1. The van der Waals surface area contributed by atoms with Gasteiger partial charge in [0.25, 0.3) is 0 Å². The minimum absolute atomic E-state index is 0.591. The monoisotopic (exact) mass is 214 g/mol. The van der Waals surface area contributed by atoms with Gasteiger partial charge < -0.3 is 10.2 Å². The fraction of sp³-hybridized carbons (Fsp3) is 1.00. The van der Waals surface area contributed by atoms with Crippen LogP contribution in [0.2, 0.25) is 0 Å². The highest BCUT2D eigenvalue weighted by atomic mass is 15.2. The third kappa shape index (κ3) is 5.53. The van der Waals surface area contributed by atoms with Gasteiger partial charge in [-0.15, -0.1) is 0 Å². The van der Waals surface area contributed by atoms with Gasteiger partial charge in [0.05, 0.1) is 0 Å². The van der Waals surface area contributed by atoms with E-state index in [1.165, 1.54) is 6.42 Å². The molecule has 2 nitrogen and oxygen atoms in total. The van der Waals surface area contributed by atoms with Crippen molar-refractivity contribution in [3.05, 3.63) is 0 Å². The van der Waals surface area contributed by atoms with Gasteiger partial charge in [-0.25, -0.2) is 0 Å². The van der Waals surface area contributed by atoms with Crippen molar-refractivity contribution in [2.24, 2.45) is 5.92 Å². The highest BCUT2D eigenvalue weighted by Crippen LogP contribution is 2.13. The molecule has 0 amide bonds. The molecule has 0 saturated heterocycles. The average molecular weight is 214 g/mol. The maximum atomic E-state index is 3.51. The lowest BCUT2D eigenvalue weighted by atomic mass is 10.0. The van der Waals surface area contributed by atoms with Gasteiger partial charge in [-0.1, -0.05) is 27.7 Å². The molecule has 92 valence electrons. The molecule has 3 unspecified atom stereocenters. The first-order valence-electron chi connectivity index (χ1n) is 6.35. The van der Waals surface area contributed by atoms with E-state index in [1.54, 1.807) is 0 Å². The summed E-state index contributed by atoms with van der Waals surface area (Å²) in [4.78, 5) is 2.49. The van der Waals surface area contributed by atoms with Gasteiger partial charge in [0, 0.05) is 18.1 Å². The van der Waals surface area contributed by atoms with Crippen molar-refractivity contribution in [2.75, 3.05) is 13.6 Å². The first kappa shape index (κ1) is 14.9. The van der Waals surface area contributed by atoms with Gasteiger partial charge in [0.15, 0.2) is 0 Å². The smallest absolute Gasteiger partial charge is 0.0104 e. The van der Waals surface area contributed by atoms with Crippen LogP contribution in [0.5, 0.6) is 0 Å².